The molecule has 11 heteroatoms. The molecule has 8 nitrogen and oxygen atoms in total. The maximum Gasteiger partial charge on any atom is 0.490 e. The third kappa shape index (κ3) is 9.44. The number of ketones is 1. The van der Waals surface area contributed by atoms with E-state index in [4.69, 9.17) is 19.4 Å². The second-order valence-electron chi connectivity index (χ2n) is 9.07. The number of carboxylic acid groups (broad SMARTS) is 2. The lowest BCUT2D eigenvalue weighted by atomic mass is 9.91. The summed E-state index contributed by atoms with van der Waals surface area (Å²) in [6, 6.07) is 8.95. The Kier molecular flexibility index (Phi) is 10.6. The minimum Gasteiger partial charge on any atom is -0.475 e. The molecule has 0 aliphatic carbocycles. The molecule has 0 saturated carbocycles. The summed E-state index contributed by atoms with van der Waals surface area (Å²) in [6.45, 7) is 7.61. The number of piperidine rings is 1. The summed E-state index contributed by atoms with van der Waals surface area (Å²) in [5.41, 5.74) is 2.75. The highest BCUT2D eigenvalue weighted by atomic mass is 19.4. The van der Waals surface area contributed by atoms with Crippen LogP contribution in [0.5, 0.6) is 0 Å². The number of likely N-dealkylation sites (tertiary alicyclic amines) is 1. The number of halogens is 3. The van der Waals surface area contributed by atoms with E-state index in [0.29, 0.717) is 18.3 Å². The van der Waals surface area contributed by atoms with Crippen LogP contribution in [0.25, 0.3) is 0 Å². The number of aromatic carboxylic acids is 1. The van der Waals surface area contributed by atoms with Crippen molar-refractivity contribution in [3.63, 3.8) is 0 Å². The van der Waals surface area contributed by atoms with Crippen LogP contribution in [0.15, 0.2) is 34.9 Å². The van der Waals surface area contributed by atoms with E-state index >= 15 is 0 Å². The van der Waals surface area contributed by atoms with Crippen molar-refractivity contribution in [2.75, 3.05) is 13.1 Å². The predicted molar refractivity (Wildman–Crippen MR) is 124 cm³/mol. The zero-order valence-electron chi connectivity index (χ0n) is 20.3. The van der Waals surface area contributed by atoms with Crippen LogP contribution in [0.4, 0.5) is 13.2 Å². The average molecular weight is 513 g/mol. The van der Waals surface area contributed by atoms with Crippen LogP contribution in [0.2, 0.25) is 0 Å². The van der Waals surface area contributed by atoms with E-state index in [0.717, 1.165) is 51.5 Å². The molecule has 0 unspecified atom stereocenters. The molecule has 0 spiro atoms. The van der Waals surface area contributed by atoms with Gasteiger partial charge in [0.1, 0.15) is 0 Å². The largest absolute Gasteiger partial charge is 0.490 e. The lowest BCUT2D eigenvalue weighted by Gasteiger charge is -2.32. The second-order valence-corrected chi connectivity index (χ2v) is 9.07. The van der Waals surface area contributed by atoms with Crippen molar-refractivity contribution < 1.29 is 42.2 Å². The first-order chi connectivity index (χ1) is 16.9. The maximum absolute atomic E-state index is 12.1. The number of alkyl halides is 3. The quantitative estimate of drug-likeness (QED) is 0.429. The molecule has 1 aromatic carbocycles. The highest BCUT2D eigenvalue weighted by Crippen LogP contribution is 2.25. The molecule has 1 saturated heterocycles. The highest BCUT2D eigenvalue weighted by Gasteiger charge is 2.38. The fourth-order valence-corrected chi connectivity index (χ4v) is 3.86. The molecule has 2 heterocycles. The molecule has 198 valence electrons. The number of benzene rings is 1. The van der Waals surface area contributed by atoms with Gasteiger partial charge in [0.15, 0.2) is 0 Å². The zero-order chi connectivity index (χ0) is 26.9. The number of hydrogen-bond acceptors (Lipinski definition) is 6. The minimum atomic E-state index is -5.08. The van der Waals surface area contributed by atoms with E-state index in [9.17, 15) is 22.8 Å². The molecule has 0 bridgehead atoms. The summed E-state index contributed by atoms with van der Waals surface area (Å²) >= 11 is 0. The van der Waals surface area contributed by atoms with Gasteiger partial charge < -0.3 is 14.6 Å². The number of Topliss-reactive ketones (excluding diaryl/α,β-unsaturated/α-hetero) is 1. The molecule has 1 fully saturated rings. The van der Waals surface area contributed by atoms with Crippen LogP contribution >= 0.6 is 0 Å². The second kappa shape index (κ2) is 13.2. The van der Waals surface area contributed by atoms with Gasteiger partial charge in [-0.3, -0.25) is 9.69 Å². The number of aromatic nitrogens is 1. The number of rotatable bonds is 9. The molecule has 2 N–H and O–H groups in total. The molecule has 1 aliphatic heterocycles. The van der Waals surface area contributed by atoms with Crippen molar-refractivity contribution in [2.45, 2.75) is 64.6 Å². The summed E-state index contributed by atoms with van der Waals surface area (Å²) in [5.74, 6) is -3.37. The first-order valence-electron chi connectivity index (χ1n) is 11.7. The average Bonchev–Trinajstić information content (AvgIpc) is 3.31. The maximum atomic E-state index is 12.1. The van der Waals surface area contributed by atoms with E-state index in [-0.39, 0.29) is 17.4 Å². The predicted octanol–water partition coefficient (Wildman–Crippen LogP) is 5.39. The van der Waals surface area contributed by atoms with Gasteiger partial charge in [0.2, 0.25) is 11.5 Å². The van der Waals surface area contributed by atoms with Crippen LogP contribution in [-0.2, 0) is 11.3 Å². The first-order valence-corrected chi connectivity index (χ1v) is 11.7. The van der Waals surface area contributed by atoms with Gasteiger partial charge in [-0.25, -0.2) is 14.6 Å². The number of oxazole rings is 1. The smallest absolute Gasteiger partial charge is 0.475 e. The molecule has 1 aromatic heterocycles. The number of hydrogen-bond donors (Lipinski definition) is 2. The minimum absolute atomic E-state index is 0.0966. The number of carboxylic acids is 2. The lowest BCUT2D eigenvalue weighted by molar-refractivity contribution is -0.192. The van der Waals surface area contributed by atoms with Crippen LogP contribution in [-0.4, -0.2) is 57.1 Å². The number of carbonyl (C=O) groups is 3. The fraction of sp³-hybridized carbons (Fsp3) is 0.520. The monoisotopic (exact) mass is 512 g/mol. The summed E-state index contributed by atoms with van der Waals surface area (Å²) in [6.07, 6.45) is 0.449. The van der Waals surface area contributed by atoms with E-state index in [1.165, 1.54) is 11.1 Å². The van der Waals surface area contributed by atoms with E-state index in [2.05, 4.69) is 48.0 Å². The molecule has 0 atom stereocenters. The fourth-order valence-electron chi connectivity index (χ4n) is 3.86. The Balaban J connectivity index is 0.000000572. The molecule has 2 aromatic rings. The van der Waals surface area contributed by atoms with Crippen molar-refractivity contribution in [1.29, 1.82) is 0 Å². The van der Waals surface area contributed by atoms with Crippen molar-refractivity contribution in [1.82, 2.24) is 9.88 Å². The molecule has 1 aliphatic rings. The Hall–Kier alpha value is -3.21. The Morgan fingerprint density at radius 1 is 1.11 bits per heavy atom. The molecule has 0 radical (unpaired) electrons. The zero-order valence-corrected chi connectivity index (χ0v) is 20.3. The third-order valence-electron chi connectivity index (χ3n) is 5.97. The van der Waals surface area contributed by atoms with Crippen molar-refractivity contribution in [3.8, 4) is 0 Å². The number of aliphatic carboxylic acids is 1. The lowest BCUT2D eigenvalue weighted by Crippen LogP contribution is -2.33. The summed E-state index contributed by atoms with van der Waals surface area (Å²) < 4.78 is 36.7. The Bertz CT molecular complexity index is 1010. The summed E-state index contributed by atoms with van der Waals surface area (Å²) in [7, 11) is 0. The summed E-state index contributed by atoms with van der Waals surface area (Å²) in [5, 5.41) is 16.0. The Labute approximate surface area is 207 Å². The van der Waals surface area contributed by atoms with Crippen molar-refractivity contribution >= 4 is 17.7 Å². The van der Waals surface area contributed by atoms with Gasteiger partial charge in [-0.1, -0.05) is 38.1 Å². The molecule has 3 rings (SSSR count). The summed E-state index contributed by atoms with van der Waals surface area (Å²) in [4.78, 5) is 38.0. The van der Waals surface area contributed by atoms with Gasteiger partial charge in [-0.2, -0.15) is 13.2 Å². The third-order valence-corrected chi connectivity index (χ3v) is 5.97. The Morgan fingerprint density at radius 2 is 1.69 bits per heavy atom. The van der Waals surface area contributed by atoms with Crippen LogP contribution < -0.4 is 0 Å². The molecule has 0 amide bonds. The van der Waals surface area contributed by atoms with Gasteiger partial charge in [0.25, 0.3) is 5.89 Å². The van der Waals surface area contributed by atoms with Gasteiger partial charge in [-0.05, 0) is 61.7 Å². The highest BCUT2D eigenvalue weighted by molar-refractivity contribution is 5.93. The van der Waals surface area contributed by atoms with E-state index in [1.807, 2.05) is 0 Å². The molecular weight excluding hydrogens is 481 g/mol. The van der Waals surface area contributed by atoms with Gasteiger partial charge in [-0.15, -0.1) is 0 Å². The van der Waals surface area contributed by atoms with Crippen molar-refractivity contribution in [2.24, 2.45) is 5.92 Å². The van der Waals surface area contributed by atoms with Crippen LogP contribution in [0.1, 0.15) is 84.2 Å². The van der Waals surface area contributed by atoms with Crippen molar-refractivity contribution in [3.05, 3.63) is 53.2 Å². The van der Waals surface area contributed by atoms with Crippen LogP contribution in [0, 0.1) is 5.92 Å². The molecular formula is C25H31F3N2O6. The SMILES string of the molecule is CC(C)c1ccc(CN2CCC(CCCC(=O)c3ncc(C(=O)O)o3)CC2)cc1.O=C(O)C(F)(F)F. The van der Waals surface area contributed by atoms with E-state index < -0.39 is 18.1 Å². The van der Waals surface area contributed by atoms with Crippen LogP contribution in [0.3, 0.4) is 0 Å². The number of nitrogens with zero attached hydrogens (tertiary/aromatic N) is 2. The Morgan fingerprint density at radius 3 is 2.17 bits per heavy atom. The van der Waals surface area contributed by atoms with Gasteiger partial charge in [0.05, 0.1) is 6.20 Å². The van der Waals surface area contributed by atoms with Gasteiger partial charge in [0, 0.05) is 13.0 Å². The van der Waals surface area contributed by atoms with E-state index in [1.54, 1.807) is 0 Å². The number of carbonyl (C=O) groups excluding carboxylic acids is 1. The molecule has 36 heavy (non-hydrogen) atoms. The standard InChI is InChI=1S/C23H30N2O4.C2HF3O2/c1-16(2)19-8-6-18(7-9-19)15-25-12-10-17(11-13-25)4-3-5-20(26)22-24-14-21(29-22)23(27)28;3-2(4,5)1(6)7/h6-9,14,16-17H,3-5,10-13,15H2,1-2H3,(H,27,28);(H,6,7). The van der Waals surface area contributed by atoms with Gasteiger partial charge >= 0.3 is 18.1 Å². The topological polar surface area (TPSA) is 121 Å². The first kappa shape index (κ1) is 29.0. The normalized spacial score (nSPS) is 14.8.